The Morgan fingerprint density at radius 1 is 1.42 bits per heavy atom. The number of nitrogens with zero attached hydrogens (tertiary/aromatic N) is 2. The zero-order chi connectivity index (χ0) is 13.2. The van der Waals surface area contributed by atoms with Gasteiger partial charge in [-0.25, -0.2) is 4.98 Å². The molecule has 1 aromatic carbocycles. The van der Waals surface area contributed by atoms with Gasteiger partial charge in [0.1, 0.15) is 5.82 Å². The van der Waals surface area contributed by atoms with Crippen LogP contribution in [0.5, 0.6) is 0 Å². The molecule has 1 unspecified atom stereocenters. The van der Waals surface area contributed by atoms with Crippen LogP contribution in [-0.4, -0.2) is 34.2 Å². The minimum atomic E-state index is -0.00515. The molecule has 1 atom stereocenters. The van der Waals surface area contributed by atoms with Crippen molar-refractivity contribution in [1.82, 2.24) is 4.98 Å². The van der Waals surface area contributed by atoms with Crippen molar-refractivity contribution in [1.29, 1.82) is 0 Å². The number of aliphatic hydroxyl groups excluding tert-OH is 1. The number of aromatic nitrogens is 1. The maximum Gasteiger partial charge on any atom is 0.137 e. The third-order valence-corrected chi connectivity index (χ3v) is 4.76. The Morgan fingerprint density at radius 2 is 2.26 bits per heavy atom. The summed E-state index contributed by atoms with van der Waals surface area (Å²) in [7, 11) is 0. The molecule has 1 aliphatic heterocycles. The topological polar surface area (TPSA) is 36.4 Å². The van der Waals surface area contributed by atoms with E-state index in [-0.39, 0.29) is 6.61 Å². The highest BCUT2D eigenvalue weighted by Gasteiger charge is 2.22. The molecule has 0 spiro atoms. The van der Waals surface area contributed by atoms with Crippen molar-refractivity contribution in [3.63, 3.8) is 0 Å². The summed E-state index contributed by atoms with van der Waals surface area (Å²) in [5.41, 5.74) is 0.749. The van der Waals surface area contributed by atoms with E-state index >= 15 is 0 Å². The Hall–Kier alpha value is -1.26. The van der Waals surface area contributed by atoms with Crippen molar-refractivity contribution in [2.75, 3.05) is 23.0 Å². The first-order valence-electron chi connectivity index (χ1n) is 6.63. The molecule has 0 amide bonds. The molecular formula is C15H18N2OS. The van der Waals surface area contributed by atoms with Gasteiger partial charge in [0, 0.05) is 29.5 Å². The molecule has 0 radical (unpaired) electrons. The molecule has 1 N–H and O–H groups in total. The molecule has 1 fully saturated rings. The van der Waals surface area contributed by atoms with E-state index in [4.69, 9.17) is 0 Å². The number of anilines is 1. The number of hydrogen-bond donors (Lipinski definition) is 1. The van der Waals surface area contributed by atoms with Crippen LogP contribution in [0.15, 0.2) is 30.3 Å². The van der Waals surface area contributed by atoms with Crippen LogP contribution in [0.4, 0.5) is 5.82 Å². The predicted octanol–water partition coefficient (Wildman–Crippen LogP) is 2.67. The lowest BCUT2D eigenvalue weighted by molar-refractivity contribution is 0.277. The molecule has 0 aliphatic carbocycles. The van der Waals surface area contributed by atoms with E-state index in [0.29, 0.717) is 6.04 Å². The van der Waals surface area contributed by atoms with Crippen LogP contribution in [0.3, 0.4) is 0 Å². The Labute approximate surface area is 117 Å². The number of benzene rings is 1. The Balaban J connectivity index is 2.14. The molecule has 2 heterocycles. The fraction of sp³-hybridized carbons (Fsp3) is 0.400. The molecule has 2 aromatic rings. The van der Waals surface area contributed by atoms with Crippen molar-refractivity contribution < 1.29 is 5.11 Å². The van der Waals surface area contributed by atoms with E-state index in [0.717, 1.165) is 34.9 Å². The minimum absolute atomic E-state index is 0.00515. The second-order valence-corrected chi connectivity index (χ2v) is 6.08. The predicted molar refractivity (Wildman–Crippen MR) is 81.8 cm³/mol. The second kappa shape index (κ2) is 5.39. The summed E-state index contributed by atoms with van der Waals surface area (Å²) >= 11 is 2.00. The normalized spacial score (nSPS) is 19.9. The number of fused-ring (bicyclic) bond motifs is 1. The van der Waals surface area contributed by atoms with E-state index in [9.17, 15) is 5.11 Å². The highest BCUT2D eigenvalue weighted by Crippen LogP contribution is 2.30. The van der Waals surface area contributed by atoms with Crippen molar-refractivity contribution in [3.8, 4) is 0 Å². The van der Waals surface area contributed by atoms with Gasteiger partial charge in [-0.05, 0) is 18.4 Å². The van der Waals surface area contributed by atoms with Crippen molar-refractivity contribution in [2.24, 2.45) is 0 Å². The van der Waals surface area contributed by atoms with Gasteiger partial charge in [-0.1, -0.05) is 24.3 Å². The first-order chi connectivity index (χ1) is 9.29. The Bertz CT molecular complexity index is 587. The van der Waals surface area contributed by atoms with Crippen molar-refractivity contribution >= 4 is 28.4 Å². The third-order valence-electron chi connectivity index (χ3n) is 3.58. The third kappa shape index (κ3) is 2.42. The van der Waals surface area contributed by atoms with Crippen LogP contribution in [0.1, 0.15) is 12.6 Å². The van der Waals surface area contributed by atoms with Crippen LogP contribution in [0, 0.1) is 0 Å². The molecule has 0 bridgehead atoms. The molecule has 19 heavy (non-hydrogen) atoms. The SMILES string of the molecule is CC1CSCCN1c1nc(CO)cc2ccccc12. The maximum absolute atomic E-state index is 9.40. The van der Waals surface area contributed by atoms with Gasteiger partial charge in [0.25, 0.3) is 0 Å². The highest BCUT2D eigenvalue weighted by molar-refractivity contribution is 7.99. The minimum Gasteiger partial charge on any atom is -0.390 e. The molecule has 1 aromatic heterocycles. The molecular weight excluding hydrogens is 256 g/mol. The molecule has 4 heteroatoms. The number of pyridine rings is 1. The van der Waals surface area contributed by atoms with Crippen molar-refractivity contribution in [2.45, 2.75) is 19.6 Å². The lowest BCUT2D eigenvalue weighted by Gasteiger charge is -2.35. The average Bonchev–Trinajstić information content (AvgIpc) is 2.46. The molecule has 1 saturated heterocycles. The first-order valence-corrected chi connectivity index (χ1v) is 7.79. The molecule has 1 aliphatic rings. The number of thioether (sulfide) groups is 1. The fourth-order valence-electron chi connectivity index (χ4n) is 2.58. The fourth-order valence-corrected chi connectivity index (χ4v) is 3.59. The van der Waals surface area contributed by atoms with Gasteiger partial charge in [0.2, 0.25) is 0 Å². The van der Waals surface area contributed by atoms with Crippen LogP contribution in [0.2, 0.25) is 0 Å². The monoisotopic (exact) mass is 274 g/mol. The summed E-state index contributed by atoms with van der Waals surface area (Å²) in [5, 5.41) is 11.7. The van der Waals surface area contributed by atoms with Crippen LogP contribution in [-0.2, 0) is 6.61 Å². The molecule has 0 saturated carbocycles. The van der Waals surface area contributed by atoms with Gasteiger partial charge in [-0.3, -0.25) is 0 Å². The van der Waals surface area contributed by atoms with Crippen LogP contribution in [0.25, 0.3) is 10.8 Å². The maximum atomic E-state index is 9.40. The Kier molecular flexibility index (Phi) is 3.62. The summed E-state index contributed by atoms with van der Waals surface area (Å²) in [5.74, 6) is 3.30. The first kappa shape index (κ1) is 12.8. The summed E-state index contributed by atoms with van der Waals surface area (Å²) in [6.07, 6.45) is 0. The largest absolute Gasteiger partial charge is 0.390 e. The lowest BCUT2D eigenvalue weighted by atomic mass is 10.1. The quantitative estimate of drug-likeness (QED) is 0.913. The summed E-state index contributed by atoms with van der Waals surface area (Å²) in [6, 6.07) is 10.8. The van der Waals surface area contributed by atoms with Gasteiger partial charge < -0.3 is 10.0 Å². The molecule has 3 rings (SSSR count). The average molecular weight is 274 g/mol. The number of aliphatic hydroxyl groups is 1. The molecule has 100 valence electrons. The summed E-state index contributed by atoms with van der Waals surface area (Å²) < 4.78 is 0. The molecule has 3 nitrogen and oxygen atoms in total. The van der Waals surface area contributed by atoms with E-state index in [2.05, 4.69) is 35.0 Å². The van der Waals surface area contributed by atoms with Gasteiger partial charge in [-0.2, -0.15) is 11.8 Å². The smallest absolute Gasteiger partial charge is 0.137 e. The number of rotatable bonds is 2. The highest BCUT2D eigenvalue weighted by atomic mass is 32.2. The number of hydrogen-bond acceptors (Lipinski definition) is 4. The zero-order valence-electron chi connectivity index (χ0n) is 11.0. The van der Waals surface area contributed by atoms with E-state index in [1.54, 1.807) is 0 Å². The van der Waals surface area contributed by atoms with Gasteiger partial charge in [0.05, 0.1) is 12.3 Å². The summed E-state index contributed by atoms with van der Waals surface area (Å²) in [6.45, 7) is 3.26. The van der Waals surface area contributed by atoms with Crippen LogP contribution >= 0.6 is 11.8 Å². The standard InChI is InChI=1S/C15H18N2OS/c1-11-10-19-7-6-17(11)15-14-5-3-2-4-12(14)8-13(9-18)16-15/h2-5,8,11,18H,6-7,9-10H2,1H3. The Morgan fingerprint density at radius 3 is 3.05 bits per heavy atom. The summed E-state index contributed by atoms with van der Waals surface area (Å²) in [4.78, 5) is 7.03. The van der Waals surface area contributed by atoms with Crippen molar-refractivity contribution in [3.05, 3.63) is 36.0 Å². The van der Waals surface area contributed by atoms with Gasteiger partial charge >= 0.3 is 0 Å². The van der Waals surface area contributed by atoms with Crippen LogP contribution < -0.4 is 4.90 Å². The van der Waals surface area contributed by atoms with E-state index < -0.39 is 0 Å². The van der Waals surface area contributed by atoms with Gasteiger partial charge in [-0.15, -0.1) is 0 Å². The van der Waals surface area contributed by atoms with E-state index in [1.165, 1.54) is 5.39 Å². The second-order valence-electron chi connectivity index (χ2n) is 4.93. The lowest BCUT2D eigenvalue weighted by Crippen LogP contribution is -2.41. The van der Waals surface area contributed by atoms with E-state index in [1.807, 2.05) is 23.9 Å². The zero-order valence-corrected chi connectivity index (χ0v) is 11.9. The van der Waals surface area contributed by atoms with Gasteiger partial charge in [0.15, 0.2) is 0 Å².